The van der Waals surface area contributed by atoms with Crippen molar-refractivity contribution in [2.75, 3.05) is 37.3 Å². The Morgan fingerprint density at radius 3 is 2.65 bits per heavy atom. The van der Waals surface area contributed by atoms with Gasteiger partial charge in [0.1, 0.15) is 48.5 Å². The van der Waals surface area contributed by atoms with Crippen LogP contribution in [0, 0.1) is 11.6 Å². The Labute approximate surface area is 235 Å². The van der Waals surface area contributed by atoms with E-state index in [1.165, 1.54) is 30.6 Å². The average Bonchev–Trinajstić information content (AvgIpc) is 3.28. The van der Waals surface area contributed by atoms with Crippen LogP contribution < -0.4 is 20.5 Å². The molecule has 8 nitrogen and oxygen atoms in total. The van der Waals surface area contributed by atoms with E-state index in [1.807, 2.05) is 0 Å². The van der Waals surface area contributed by atoms with Gasteiger partial charge in [-0.1, -0.05) is 23.7 Å². The summed E-state index contributed by atoms with van der Waals surface area (Å²) in [7, 11) is 0. The van der Waals surface area contributed by atoms with E-state index in [2.05, 4.69) is 20.2 Å². The Morgan fingerprint density at radius 2 is 1.85 bits per heavy atom. The molecular weight excluding hydrogens is 540 g/mol. The first-order valence-corrected chi connectivity index (χ1v) is 13.5. The first-order valence-electron chi connectivity index (χ1n) is 13.1. The summed E-state index contributed by atoms with van der Waals surface area (Å²) in [5, 5.41) is 3.76. The largest absolute Gasteiger partial charge is 0.490 e. The minimum absolute atomic E-state index is 0.0391. The first kappa shape index (κ1) is 26.5. The Balaban J connectivity index is 1.13. The number of rotatable bonds is 9. The highest BCUT2D eigenvalue weighted by Crippen LogP contribution is 2.35. The molecule has 3 N–H and O–H groups in total. The van der Waals surface area contributed by atoms with Gasteiger partial charge in [-0.25, -0.2) is 18.7 Å². The molecule has 0 radical (unpaired) electrons. The van der Waals surface area contributed by atoms with Crippen molar-refractivity contribution in [3.63, 3.8) is 0 Å². The second-order valence-corrected chi connectivity index (χ2v) is 10.4. The molecule has 0 spiro atoms. The van der Waals surface area contributed by atoms with Crippen LogP contribution in [0.1, 0.15) is 18.4 Å². The molecule has 1 aromatic heterocycles. The van der Waals surface area contributed by atoms with Gasteiger partial charge in [-0.3, -0.25) is 4.90 Å². The normalized spacial score (nSPS) is 18.7. The third-order valence-electron chi connectivity index (χ3n) is 7.11. The highest BCUT2D eigenvalue weighted by molar-refractivity contribution is 6.32. The average molecular weight is 568 g/mol. The lowest BCUT2D eigenvalue weighted by atomic mass is 10.2. The maximum atomic E-state index is 15.0. The molecule has 2 unspecified atom stereocenters. The third-order valence-corrected chi connectivity index (χ3v) is 7.40. The van der Waals surface area contributed by atoms with Crippen LogP contribution in [0.3, 0.4) is 0 Å². The van der Waals surface area contributed by atoms with Gasteiger partial charge in [-0.15, -0.1) is 0 Å². The van der Waals surface area contributed by atoms with Crippen LogP contribution in [0.15, 0.2) is 54.9 Å². The van der Waals surface area contributed by atoms with Crippen molar-refractivity contribution in [1.82, 2.24) is 14.9 Å². The van der Waals surface area contributed by atoms with Gasteiger partial charge in [0.2, 0.25) is 0 Å². The van der Waals surface area contributed by atoms with Gasteiger partial charge in [0.15, 0.2) is 0 Å². The van der Waals surface area contributed by atoms with Crippen molar-refractivity contribution >= 4 is 39.7 Å². The van der Waals surface area contributed by atoms with Crippen LogP contribution in [0.2, 0.25) is 5.02 Å². The molecule has 2 atom stereocenters. The van der Waals surface area contributed by atoms with Crippen LogP contribution >= 0.6 is 11.6 Å². The first-order chi connectivity index (χ1) is 19.4. The second kappa shape index (κ2) is 11.4. The van der Waals surface area contributed by atoms with Crippen molar-refractivity contribution in [3.8, 4) is 11.5 Å². The van der Waals surface area contributed by atoms with Crippen molar-refractivity contribution in [3.05, 3.63) is 77.1 Å². The zero-order valence-electron chi connectivity index (χ0n) is 21.6. The number of ether oxygens (including phenoxy) is 3. The standard InChI is InChI=1S/C29H28ClF2N5O3/c30-22-10-26(23(32)11-27(22)39-15-17-2-1-3-18(31)8-17)36-29-21-9-24(33)28(12-25(21)34-16-35-29)38-7-6-37-13-19-4-5-20(14-37)40-19/h1-3,8-12,16,19-20H,4-7,13-15,33H2,(H,34,35,36). The maximum absolute atomic E-state index is 15.0. The number of halogens is 3. The fraction of sp³-hybridized carbons (Fsp3) is 0.310. The van der Waals surface area contributed by atoms with Gasteiger partial charge < -0.3 is 25.3 Å². The molecule has 2 saturated heterocycles. The molecule has 0 aliphatic carbocycles. The van der Waals surface area contributed by atoms with Gasteiger partial charge in [0.25, 0.3) is 0 Å². The van der Waals surface area contributed by atoms with E-state index in [-0.39, 0.29) is 28.9 Å². The molecule has 6 rings (SSSR count). The molecule has 2 aliphatic heterocycles. The molecular formula is C29H28ClF2N5O3. The summed E-state index contributed by atoms with van der Waals surface area (Å²) < 4.78 is 46.0. The van der Waals surface area contributed by atoms with Crippen LogP contribution in [-0.4, -0.2) is 53.3 Å². The lowest BCUT2D eigenvalue weighted by molar-refractivity contribution is -0.0408. The van der Waals surface area contributed by atoms with Crippen LogP contribution in [0.25, 0.3) is 10.9 Å². The van der Waals surface area contributed by atoms with E-state index in [4.69, 9.17) is 31.5 Å². The van der Waals surface area contributed by atoms with E-state index < -0.39 is 5.82 Å². The molecule has 4 aromatic rings. The number of fused-ring (bicyclic) bond motifs is 3. The zero-order valence-corrected chi connectivity index (χ0v) is 22.3. The Kier molecular flexibility index (Phi) is 7.55. The monoisotopic (exact) mass is 567 g/mol. The number of benzene rings is 3. The Hall–Kier alpha value is -3.73. The Bertz CT molecular complexity index is 1530. The predicted molar refractivity (Wildman–Crippen MR) is 149 cm³/mol. The van der Waals surface area contributed by atoms with Crippen molar-refractivity contribution in [1.29, 1.82) is 0 Å². The molecule has 3 aromatic carbocycles. The molecule has 2 fully saturated rings. The summed E-state index contributed by atoms with van der Waals surface area (Å²) in [4.78, 5) is 11.0. The molecule has 0 amide bonds. The van der Waals surface area contributed by atoms with Gasteiger partial charge in [0.05, 0.1) is 34.1 Å². The van der Waals surface area contributed by atoms with E-state index in [0.717, 1.165) is 32.5 Å². The lowest BCUT2D eigenvalue weighted by Gasteiger charge is -2.31. The number of hydrogen-bond acceptors (Lipinski definition) is 8. The predicted octanol–water partition coefficient (Wildman–Crippen LogP) is 5.71. The molecule has 11 heteroatoms. The number of morpholine rings is 1. The van der Waals surface area contributed by atoms with Gasteiger partial charge in [0, 0.05) is 37.2 Å². The second-order valence-electron chi connectivity index (χ2n) is 10.0. The third kappa shape index (κ3) is 5.89. The molecule has 2 aliphatic rings. The quantitative estimate of drug-likeness (QED) is 0.248. The molecule has 3 heterocycles. The summed E-state index contributed by atoms with van der Waals surface area (Å²) in [6, 6.07) is 12.0. The highest BCUT2D eigenvalue weighted by atomic mass is 35.5. The van der Waals surface area contributed by atoms with Crippen molar-refractivity contribution in [2.45, 2.75) is 31.7 Å². The Morgan fingerprint density at radius 1 is 1.02 bits per heavy atom. The zero-order chi connectivity index (χ0) is 27.6. The number of nitrogens with zero attached hydrogens (tertiary/aromatic N) is 3. The van der Waals surface area contributed by atoms with E-state index in [0.29, 0.717) is 52.5 Å². The molecule has 208 valence electrons. The molecule has 0 saturated carbocycles. The van der Waals surface area contributed by atoms with Crippen molar-refractivity contribution < 1.29 is 23.0 Å². The minimum Gasteiger partial charge on any atom is -0.490 e. The van der Waals surface area contributed by atoms with Gasteiger partial charge in [-0.2, -0.15) is 0 Å². The number of aromatic nitrogens is 2. The maximum Gasteiger partial charge on any atom is 0.150 e. The van der Waals surface area contributed by atoms with Crippen LogP contribution in [-0.2, 0) is 11.3 Å². The SMILES string of the molecule is Nc1cc2c(Nc3cc(Cl)c(OCc4cccc(F)c4)cc3F)ncnc2cc1OCCN1CC2CCC(C1)O2. The molecule has 40 heavy (non-hydrogen) atoms. The van der Waals surface area contributed by atoms with E-state index >= 15 is 4.39 Å². The van der Waals surface area contributed by atoms with Crippen LogP contribution in [0.4, 0.5) is 26.0 Å². The van der Waals surface area contributed by atoms with Gasteiger partial charge >= 0.3 is 0 Å². The summed E-state index contributed by atoms with van der Waals surface area (Å²) in [6.07, 6.45) is 4.29. The number of likely N-dealkylation sites (tertiary alicyclic amines) is 1. The fourth-order valence-corrected chi connectivity index (χ4v) is 5.36. The molecule has 2 bridgehead atoms. The highest BCUT2D eigenvalue weighted by Gasteiger charge is 2.33. The lowest BCUT2D eigenvalue weighted by Crippen LogP contribution is -2.44. The van der Waals surface area contributed by atoms with Gasteiger partial charge in [-0.05, 0) is 42.7 Å². The van der Waals surface area contributed by atoms with E-state index in [9.17, 15) is 4.39 Å². The number of nitrogens with one attached hydrogen (secondary N) is 1. The fourth-order valence-electron chi connectivity index (χ4n) is 5.14. The summed E-state index contributed by atoms with van der Waals surface area (Å²) in [5.41, 5.74) is 8.02. The summed E-state index contributed by atoms with van der Waals surface area (Å²) in [6.45, 7) is 3.17. The smallest absolute Gasteiger partial charge is 0.150 e. The minimum atomic E-state index is -0.602. The number of hydrogen-bond donors (Lipinski definition) is 2. The summed E-state index contributed by atoms with van der Waals surface area (Å²) >= 11 is 6.37. The number of nitrogens with two attached hydrogens (primary N) is 1. The number of anilines is 3. The van der Waals surface area contributed by atoms with E-state index in [1.54, 1.807) is 24.3 Å². The topological polar surface area (TPSA) is 94.8 Å². The number of nitrogen functional groups attached to an aromatic ring is 1. The van der Waals surface area contributed by atoms with Crippen molar-refractivity contribution in [2.24, 2.45) is 0 Å². The van der Waals surface area contributed by atoms with Crippen LogP contribution in [0.5, 0.6) is 11.5 Å². The summed E-state index contributed by atoms with van der Waals surface area (Å²) in [5.74, 6) is 0.0406.